The molecule has 0 spiro atoms. The molecule has 156 valence electrons. The van der Waals surface area contributed by atoms with Crippen molar-refractivity contribution in [3.05, 3.63) is 41.7 Å². The van der Waals surface area contributed by atoms with Crippen LogP contribution in [0.25, 0.3) is 0 Å². The number of carbonyl (C=O) groups is 3. The third-order valence-electron chi connectivity index (χ3n) is 4.24. The number of anilines is 2. The van der Waals surface area contributed by atoms with Crippen LogP contribution in [0.1, 0.15) is 43.3 Å². The van der Waals surface area contributed by atoms with E-state index < -0.39 is 12.0 Å². The number of ether oxygens (including phenoxy) is 1. The fraction of sp³-hybridized carbons (Fsp3) is 0.400. The molecule has 9 heteroatoms. The maximum atomic E-state index is 12.7. The fourth-order valence-corrected chi connectivity index (χ4v) is 2.51. The van der Waals surface area contributed by atoms with E-state index in [2.05, 4.69) is 15.8 Å². The zero-order valence-corrected chi connectivity index (χ0v) is 17.0. The van der Waals surface area contributed by atoms with E-state index in [1.165, 1.54) is 4.90 Å². The lowest BCUT2D eigenvalue weighted by Crippen LogP contribution is -2.45. The first kappa shape index (κ1) is 21.9. The number of aromatic nitrogens is 1. The Morgan fingerprint density at radius 1 is 1.17 bits per heavy atom. The molecular formula is C20H26N4O5. The van der Waals surface area contributed by atoms with Gasteiger partial charge in [-0.05, 0) is 51.5 Å². The van der Waals surface area contributed by atoms with Gasteiger partial charge in [0.25, 0.3) is 0 Å². The molecule has 9 nitrogen and oxygen atoms in total. The van der Waals surface area contributed by atoms with Gasteiger partial charge < -0.3 is 24.8 Å². The molecule has 3 amide bonds. The molecule has 0 radical (unpaired) electrons. The zero-order valence-electron chi connectivity index (χ0n) is 17.0. The average Bonchev–Trinajstić information content (AvgIpc) is 3.10. The van der Waals surface area contributed by atoms with Gasteiger partial charge >= 0.3 is 12.0 Å². The normalized spacial score (nSPS) is 11.4. The maximum absolute atomic E-state index is 12.7. The van der Waals surface area contributed by atoms with Gasteiger partial charge in [-0.1, -0.05) is 12.1 Å². The summed E-state index contributed by atoms with van der Waals surface area (Å²) >= 11 is 0. The van der Waals surface area contributed by atoms with Crippen LogP contribution >= 0.6 is 0 Å². The Morgan fingerprint density at radius 3 is 2.41 bits per heavy atom. The van der Waals surface area contributed by atoms with Gasteiger partial charge in [-0.15, -0.1) is 0 Å². The van der Waals surface area contributed by atoms with Gasteiger partial charge in [0.15, 0.2) is 5.82 Å². The summed E-state index contributed by atoms with van der Waals surface area (Å²) in [6.45, 7) is 7.38. The predicted molar refractivity (Wildman–Crippen MR) is 108 cm³/mol. The lowest BCUT2D eigenvalue weighted by Gasteiger charge is -2.28. The van der Waals surface area contributed by atoms with E-state index >= 15 is 0 Å². The van der Waals surface area contributed by atoms with Crippen molar-refractivity contribution in [2.45, 2.75) is 40.2 Å². The second kappa shape index (κ2) is 10.3. The number of rotatable bonds is 8. The van der Waals surface area contributed by atoms with Crippen LogP contribution in [0.2, 0.25) is 0 Å². The molecule has 2 N–H and O–H groups in total. The number of hydrogen-bond donors (Lipinski definition) is 2. The summed E-state index contributed by atoms with van der Waals surface area (Å²) in [6.07, 6.45) is 0.672. The average molecular weight is 402 g/mol. The van der Waals surface area contributed by atoms with E-state index in [4.69, 9.17) is 9.26 Å². The van der Waals surface area contributed by atoms with Crippen molar-refractivity contribution in [2.75, 3.05) is 23.8 Å². The highest BCUT2D eigenvalue weighted by atomic mass is 16.5. The first-order chi connectivity index (χ1) is 13.8. The molecule has 0 fully saturated rings. The monoisotopic (exact) mass is 402 g/mol. The van der Waals surface area contributed by atoms with Crippen LogP contribution in [0.5, 0.6) is 0 Å². The topological polar surface area (TPSA) is 114 Å². The van der Waals surface area contributed by atoms with Gasteiger partial charge in [-0.2, -0.15) is 0 Å². The molecule has 1 atom stereocenters. The number of aryl methyl sites for hydroxylation is 1. The standard InChI is InChI=1S/C20H26N4O5/c1-5-13(3)24(12-18(25)22-17-11-14(4)29-23-17)20(27)21-16-9-7-15(8-10-16)19(26)28-6-2/h7-11,13H,5-6,12H2,1-4H3,(H,21,27)(H,22,23,25). The number of urea groups is 1. The molecular weight excluding hydrogens is 376 g/mol. The lowest BCUT2D eigenvalue weighted by molar-refractivity contribution is -0.117. The van der Waals surface area contributed by atoms with Crippen molar-refractivity contribution in [3.63, 3.8) is 0 Å². The molecule has 2 rings (SSSR count). The summed E-state index contributed by atoms with van der Waals surface area (Å²) in [5.74, 6) is 0.0624. The summed E-state index contributed by atoms with van der Waals surface area (Å²) in [7, 11) is 0. The Morgan fingerprint density at radius 2 is 1.86 bits per heavy atom. The fourth-order valence-electron chi connectivity index (χ4n) is 2.51. The van der Waals surface area contributed by atoms with Crippen molar-refractivity contribution in [2.24, 2.45) is 0 Å². The van der Waals surface area contributed by atoms with E-state index in [9.17, 15) is 14.4 Å². The van der Waals surface area contributed by atoms with Gasteiger partial charge in [0.2, 0.25) is 5.91 Å². The molecule has 1 aromatic heterocycles. The number of esters is 1. The maximum Gasteiger partial charge on any atom is 0.338 e. The highest BCUT2D eigenvalue weighted by Gasteiger charge is 2.22. The molecule has 0 aliphatic carbocycles. The second-order valence-corrected chi connectivity index (χ2v) is 6.48. The summed E-state index contributed by atoms with van der Waals surface area (Å²) in [6, 6.07) is 7.36. The Labute approximate surface area is 169 Å². The molecule has 2 aromatic rings. The summed E-state index contributed by atoms with van der Waals surface area (Å²) < 4.78 is 9.85. The van der Waals surface area contributed by atoms with E-state index in [-0.39, 0.29) is 25.1 Å². The third-order valence-corrected chi connectivity index (χ3v) is 4.24. The van der Waals surface area contributed by atoms with Gasteiger partial charge in [-0.25, -0.2) is 9.59 Å². The predicted octanol–water partition coefficient (Wildman–Crippen LogP) is 3.43. The minimum absolute atomic E-state index is 0.145. The van der Waals surface area contributed by atoms with E-state index in [1.54, 1.807) is 44.2 Å². The summed E-state index contributed by atoms with van der Waals surface area (Å²) in [5, 5.41) is 9.07. The lowest BCUT2D eigenvalue weighted by atomic mass is 10.2. The summed E-state index contributed by atoms with van der Waals surface area (Å²) in [4.78, 5) is 38.2. The van der Waals surface area contributed by atoms with Gasteiger partial charge in [0.1, 0.15) is 12.3 Å². The van der Waals surface area contributed by atoms with Crippen LogP contribution < -0.4 is 10.6 Å². The first-order valence-electron chi connectivity index (χ1n) is 9.42. The van der Waals surface area contributed by atoms with Crippen LogP contribution in [0, 0.1) is 6.92 Å². The first-order valence-corrected chi connectivity index (χ1v) is 9.42. The molecule has 29 heavy (non-hydrogen) atoms. The largest absolute Gasteiger partial charge is 0.462 e. The van der Waals surface area contributed by atoms with Crippen LogP contribution in [-0.2, 0) is 9.53 Å². The molecule has 1 unspecified atom stereocenters. The molecule has 0 saturated carbocycles. The van der Waals surface area contributed by atoms with Crippen LogP contribution in [0.3, 0.4) is 0 Å². The van der Waals surface area contributed by atoms with Crippen molar-refractivity contribution in [3.8, 4) is 0 Å². The Bertz CT molecular complexity index is 847. The molecule has 1 aromatic carbocycles. The number of hydrogen-bond acceptors (Lipinski definition) is 6. The van der Waals surface area contributed by atoms with Crippen molar-refractivity contribution < 1.29 is 23.6 Å². The van der Waals surface area contributed by atoms with E-state index in [0.717, 1.165) is 0 Å². The SMILES string of the molecule is CCOC(=O)c1ccc(NC(=O)N(CC(=O)Nc2cc(C)on2)C(C)CC)cc1. The third kappa shape index (κ3) is 6.34. The van der Waals surface area contributed by atoms with E-state index in [0.29, 0.717) is 29.2 Å². The number of amides is 3. The second-order valence-electron chi connectivity index (χ2n) is 6.48. The zero-order chi connectivity index (χ0) is 21.4. The quantitative estimate of drug-likeness (QED) is 0.654. The van der Waals surface area contributed by atoms with Crippen molar-refractivity contribution in [1.82, 2.24) is 10.1 Å². The van der Waals surface area contributed by atoms with Crippen LogP contribution in [0.15, 0.2) is 34.9 Å². The summed E-state index contributed by atoms with van der Waals surface area (Å²) in [5.41, 5.74) is 0.898. The molecule has 0 bridgehead atoms. The highest BCUT2D eigenvalue weighted by Crippen LogP contribution is 2.14. The Kier molecular flexibility index (Phi) is 7.76. The van der Waals surface area contributed by atoms with Gasteiger partial charge in [0, 0.05) is 17.8 Å². The highest BCUT2D eigenvalue weighted by molar-refractivity contribution is 5.97. The smallest absolute Gasteiger partial charge is 0.338 e. The number of nitrogens with zero attached hydrogens (tertiary/aromatic N) is 2. The van der Waals surface area contributed by atoms with Gasteiger partial charge in [-0.3, -0.25) is 4.79 Å². The Hall–Kier alpha value is -3.36. The van der Waals surface area contributed by atoms with Crippen molar-refractivity contribution in [1.29, 1.82) is 0 Å². The molecule has 0 saturated heterocycles. The number of nitrogens with one attached hydrogen (secondary N) is 2. The molecule has 1 heterocycles. The van der Waals surface area contributed by atoms with E-state index in [1.807, 2.05) is 13.8 Å². The van der Waals surface area contributed by atoms with Crippen molar-refractivity contribution >= 4 is 29.4 Å². The van der Waals surface area contributed by atoms with Gasteiger partial charge in [0.05, 0.1) is 12.2 Å². The minimum Gasteiger partial charge on any atom is -0.462 e. The molecule has 0 aliphatic heterocycles. The van der Waals surface area contributed by atoms with Crippen LogP contribution in [-0.4, -0.2) is 47.2 Å². The minimum atomic E-state index is -0.425. The number of benzene rings is 1. The molecule has 0 aliphatic rings. The number of carbonyl (C=O) groups excluding carboxylic acids is 3. The Balaban J connectivity index is 2.02. The van der Waals surface area contributed by atoms with Crippen LogP contribution in [0.4, 0.5) is 16.3 Å².